The summed E-state index contributed by atoms with van der Waals surface area (Å²) in [7, 11) is 0. The Morgan fingerprint density at radius 1 is 1.31 bits per heavy atom. The molecule has 0 spiro atoms. The summed E-state index contributed by atoms with van der Waals surface area (Å²) in [5, 5.41) is 0. The average molecular weight is 255 g/mol. The van der Waals surface area contributed by atoms with E-state index in [2.05, 4.69) is 38.3 Å². The van der Waals surface area contributed by atoms with Gasteiger partial charge in [0, 0.05) is 22.1 Å². The highest BCUT2D eigenvalue weighted by Crippen LogP contribution is 2.31. The molecule has 0 radical (unpaired) electrons. The molecule has 3 heteroatoms. The van der Waals surface area contributed by atoms with Crippen LogP contribution in [0.25, 0.3) is 0 Å². The predicted octanol–water partition coefficient (Wildman–Crippen LogP) is 4.01. The summed E-state index contributed by atoms with van der Waals surface area (Å²) in [4.78, 5) is 2.67. The van der Waals surface area contributed by atoms with E-state index in [-0.39, 0.29) is 0 Å². The highest BCUT2D eigenvalue weighted by Gasteiger charge is 2.08. The van der Waals surface area contributed by atoms with Gasteiger partial charge < -0.3 is 5.73 Å². The second-order valence-corrected chi connectivity index (χ2v) is 5.88. The van der Waals surface area contributed by atoms with Crippen molar-refractivity contribution in [2.45, 2.75) is 36.6 Å². The molecule has 1 atom stereocenters. The molecule has 0 aromatic heterocycles. The molecule has 1 unspecified atom stereocenters. The maximum atomic E-state index is 5.84. The predicted molar refractivity (Wildman–Crippen MR) is 76.3 cm³/mol. The lowest BCUT2D eigenvalue weighted by atomic mass is 10.2. The molecule has 0 saturated heterocycles. The standard InChI is InChI=1S/C13H21NS2/c1-4-10(2)9-16-13-7-5-6-12(15-3)11(13)8-14/h5-7,10H,4,8-9,14H2,1-3H3. The van der Waals surface area contributed by atoms with Crippen molar-refractivity contribution in [1.82, 2.24) is 0 Å². The Morgan fingerprint density at radius 3 is 2.56 bits per heavy atom. The van der Waals surface area contributed by atoms with Crippen molar-refractivity contribution in [1.29, 1.82) is 0 Å². The van der Waals surface area contributed by atoms with Crippen molar-refractivity contribution < 1.29 is 0 Å². The van der Waals surface area contributed by atoms with Crippen LogP contribution in [0.3, 0.4) is 0 Å². The molecule has 0 heterocycles. The van der Waals surface area contributed by atoms with Crippen LogP contribution in [0.15, 0.2) is 28.0 Å². The fourth-order valence-corrected chi connectivity index (χ4v) is 3.38. The molecule has 2 N–H and O–H groups in total. The quantitative estimate of drug-likeness (QED) is 0.778. The van der Waals surface area contributed by atoms with Crippen molar-refractivity contribution in [3.8, 4) is 0 Å². The van der Waals surface area contributed by atoms with Crippen LogP contribution in [0.4, 0.5) is 0 Å². The Hall–Kier alpha value is -0.120. The van der Waals surface area contributed by atoms with Crippen molar-refractivity contribution >= 4 is 23.5 Å². The van der Waals surface area contributed by atoms with Crippen LogP contribution < -0.4 is 5.73 Å². The van der Waals surface area contributed by atoms with Gasteiger partial charge in [0.05, 0.1) is 0 Å². The van der Waals surface area contributed by atoms with E-state index >= 15 is 0 Å². The molecule has 0 aliphatic rings. The molecule has 0 fully saturated rings. The van der Waals surface area contributed by atoms with E-state index < -0.39 is 0 Å². The molecule has 0 aliphatic heterocycles. The molecular weight excluding hydrogens is 234 g/mol. The molecule has 0 saturated carbocycles. The van der Waals surface area contributed by atoms with Gasteiger partial charge in [0.25, 0.3) is 0 Å². The van der Waals surface area contributed by atoms with E-state index in [1.807, 2.05) is 11.8 Å². The Bertz CT molecular complexity index is 326. The van der Waals surface area contributed by atoms with Gasteiger partial charge in [-0.05, 0) is 29.9 Å². The molecule has 1 aromatic carbocycles. The van der Waals surface area contributed by atoms with Crippen molar-refractivity contribution in [2.75, 3.05) is 12.0 Å². The maximum absolute atomic E-state index is 5.84. The van der Waals surface area contributed by atoms with E-state index in [1.165, 1.54) is 27.5 Å². The van der Waals surface area contributed by atoms with Gasteiger partial charge in [0.1, 0.15) is 0 Å². The molecule has 16 heavy (non-hydrogen) atoms. The minimum atomic E-state index is 0.639. The van der Waals surface area contributed by atoms with E-state index in [0.717, 1.165) is 5.92 Å². The zero-order valence-electron chi connectivity index (χ0n) is 10.3. The second-order valence-electron chi connectivity index (χ2n) is 3.97. The normalized spacial score (nSPS) is 12.8. The Morgan fingerprint density at radius 2 is 2.00 bits per heavy atom. The lowest BCUT2D eigenvalue weighted by Crippen LogP contribution is -2.02. The highest BCUT2D eigenvalue weighted by atomic mass is 32.2. The summed E-state index contributed by atoms with van der Waals surface area (Å²) in [6.07, 6.45) is 3.35. The molecule has 90 valence electrons. The average Bonchev–Trinajstić information content (AvgIpc) is 2.34. The monoisotopic (exact) mass is 255 g/mol. The number of benzene rings is 1. The van der Waals surface area contributed by atoms with Crippen molar-refractivity contribution in [2.24, 2.45) is 11.7 Å². The van der Waals surface area contributed by atoms with Crippen LogP contribution in [0.5, 0.6) is 0 Å². The Labute approximate surface area is 108 Å². The molecule has 0 bridgehead atoms. The van der Waals surface area contributed by atoms with Crippen molar-refractivity contribution in [3.05, 3.63) is 23.8 Å². The number of rotatable bonds is 6. The lowest BCUT2D eigenvalue weighted by Gasteiger charge is -2.13. The molecule has 1 rings (SSSR count). The van der Waals surface area contributed by atoms with Gasteiger partial charge in [-0.1, -0.05) is 26.3 Å². The number of hydrogen-bond acceptors (Lipinski definition) is 3. The fourth-order valence-electron chi connectivity index (χ4n) is 1.42. The SMILES string of the molecule is CCC(C)CSc1cccc(SC)c1CN. The summed E-state index contributed by atoms with van der Waals surface area (Å²) >= 11 is 3.72. The summed E-state index contributed by atoms with van der Waals surface area (Å²) in [6, 6.07) is 6.47. The first-order chi connectivity index (χ1) is 7.72. The van der Waals surface area contributed by atoms with Crippen LogP contribution >= 0.6 is 23.5 Å². The van der Waals surface area contributed by atoms with E-state index in [0.29, 0.717) is 6.54 Å². The zero-order chi connectivity index (χ0) is 12.0. The summed E-state index contributed by atoms with van der Waals surface area (Å²) in [6.45, 7) is 5.18. The molecule has 1 nitrogen and oxygen atoms in total. The topological polar surface area (TPSA) is 26.0 Å². The van der Waals surface area contributed by atoms with Gasteiger partial charge in [-0.2, -0.15) is 0 Å². The number of thioether (sulfide) groups is 2. The number of nitrogens with two attached hydrogens (primary N) is 1. The van der Waals surface area contributed by atoms with Gasteiger partial charge in [0.15, 0.2) is 0 Å². The Balaban J connectivity index is 2.78. The molecule has 0 aliphatic carbocycles. The molecule has 1 aromatic rings. The van der Waals surface area contributed by atoms with Crippen LogP contribution in [-0.4, -0.2) is 12.0 Å². The first-order valence-electron chi connectivity index (χ1n) is 5.71. The smallest absolute Gasteiger partial charge is 0.0200 e. The van der Waals surface area contributed by atoms with Crippen LogP contribution in [0.1, 0.15) is 25.8 Å². The summed E-state index contributed by atoms with van der Waals surface area (Å²) in [5.41, 5.74) is 7.15. The third-order valence-electron chi connectivity index (χ3n) is 2.73. The highest BCUT2D eigenvalue weighted by molar-refractivity contribution is 7.99. The van der Waals surface area contributed by atoms with Crippen LogP contribution in [0.2, 0.25) is 0 Å². The Kier molecular flexibility index (Phi) is 6.32. The van der Waals surface area contributed by atoms with Crippen molar-refractivity contribution in [3.63, 3.8) is 0 Å². The minimum absolute atomic E-state index is 0.639. The van der Waals surface area contributed by atoms with Gasteiger partial charge >= 0.3 is 0 Å². The van der Waals surface area contributed by atoms with E-state index in [1.54, 1.807) is 11.8 Å². The van der Waals surface area contributed by atoms with Gasteiger partial charge in [-0.25, -0.2) is 0 Å². The van der Waals surface area contributed by atoms with Gasteiger partial charge in [0.2, 0.25) is 0 Å². The first kappa shape index (κ1) is 13.9. The molecular formula is C13H21NS2. The summed E-state index contributed by atoms with van der Waals surface area (Å²) < 4.78 is 0. The van der Waals surface area contributed by atoms with E-state index in [9.17, 15) is 0 Å². The second kappa shape index (κ2) is 7.25. The minimum Gasteiger partial charge on any atom is -0.326 e. The maximum Gasteiger partial charge on any atom is 0.0200 e. The third-order valence-corrected chi connectivity index (χ3v) is 4.99. The van der Waals surface area contributed by atoms with Crippen LogP contribution in [-0.2, 0) is 6.54 Å². The van der Waals surface area contributed by atoms with E-state index in [4.69, 9.17) is 5.73 Å². The fraction of sp³-hybridized carbons (Fsp3) is 0.538. The first-order valence-corrected chi connectivity index (χ1v) is 7.92. The largest absolute Gasteiger partial charge is 0.326 e. The lowest BCUT2D eigenvalue weighted by molar-refractivity contribution is 0.637. The third kappa shape index (κ3) is 3.72. The molecule has 0 amide bonds. The van der Waals surface area contributed by atoms with Gasteiger partial charge in [-0.15, -0.1) is 23.5 Å². The van der Waals surface area contributed by atoms with Crippen LogP contribution in [0, 0.1) is 5.92 Å². The number of hydrogen-bond donors (Lipinski definition) is 1. The summed E-state index contributed by atoms with van der Waals surface area (Å²) in [5.74, 6) is 1.95. The zero-order valence-corrected chi connectivity index (χ0v) is 12.0. The van der Waals surface area contributed by atoms with Gasteiger partial charge in [-0.3, -0.25) is 0 Å².